The molecule has 0 aliphatic heterocycles. The molecule has 0 amide bonds. The average Bonchev–Trinajstić information content (AvgIpc) is 2.42. The molecule has 0 atom stereocenters. The second-order valence-electron chi connectivity index (χ2n) is 3.93. The van der Waals surface area contributed by atoms with Crippen LogP contribution in [-0.2, 0) is 0 Å². The third-order valence-corrected chi connectivity index (χ3v) is 3.55. The molecule has 3 heteroatoms. The fourth-order valence-corrected chi connectivity index (χ4v) is 2.37. The number of ether oxygens (including phenoxy) is 1. The van der Waals surface area contributed by atoms with Crippen LogP contribution in [0.1, 0.15) is 6.42 Å². The molecule has 2 N–H and O–H groups in total. The Balaban J connectivity index is 1.63. The summed E-state index contributed by atoms with van der Waals surface area (Å²) in [7, 11) is 0. The molecule has 2 rings (SSSR count). The van der Waals surface area contributed by atoms with E-state index in [1.165, 1.54) is 4.90 Å². The second-order valence-corrected chi connectivity index (χ2v) is 5.10. The van der Waals surface area contributed by atoms with Crippen molar-refractivity contribution in [2.45, 2.75) is 11.3 Å². The molecule has 0 bridgehead atoms. The predicted octanol–water partition coefficient (Wildman–Crippen LogP) is 3.83. The Kier molecular flexibility index (Phi) is 4.97. The minimum Gasteiger partial charge on any atom is -0.494 e. The standard InChI is InChI=1S/C15H17NOS/c16-13-7-9-14(10-8-13)17-11-4-12-18-15-5-2-1-3-6-15/h1-3,5-10H,4,11-12,16H2. The van der Waals surface area contributed by atoms with Gasteiger partial charge in [-0.2, -0.15) is 0 Å². The molecule has 0 radical (unpaired) electrons. The van der Waals surface area contributed by atoms with Gasteiger partial charge in [-0.1, -0.05) is 18.2 Å². The first-order chi connectivity index (χ1) is 8.84. The summed E-state index contributed by atoms with van der Waals surface area (Å²) in [5.74, 6) is 1.95. The van der Waals surface area contributed by atoms with Gasteiger partial charge in [-0.25, -0.2) is 0 Å². The Morgan fingerprint density at radius 1 is 0.944 bits per heavy atom. The Morgan fingerprint density at radius 2 is 1.67 bits per heavy atom. The van der Waals surface area contributed by atoms with Crippen LogP contribution in [0.25, 0.3) is 0 Å². The summed E-state index contributed by atoms with van der Waals surface area (Å²) in [5, 5.41) is 0. The first kappa shape index (κ1) is 12.8. The highest BCUT2D eigenvalue weighted by Crippen LogP contribution is 2.18. The number of hydrogen-bond donors (Lipinski definition) is 1. The van der Waals surface area contributed by atoms with Crippen LogP contribution in [0.3, 0.4) is 0 Å². The molecule has 0 saturated heterocycles. The van der Waals surface area contributed by atoms with Gasteiger partial charge >= 0.3 is 0 Å². The van der Waals surface area contributed by atoms with Gasteiger partial charge in [0.2, 0.25) is 0 Å². The Morgan fingerprint density at radius 3 is 2.39 bits per heavy atom. The summed E-state index contributed by atoms with van der Waals surface area (Å²) in [6.07, 6.45) is 1.03. The van der Waals surface area contributed by atoms with E-state index >= 15 is 0 Å². The summed E-state index contributed by atoms with van der Waals surface area (Å²) >= 11 is 1.86. The number of hydrogen-bond acceptors (Lipinski definition) is 3. The topological polar surface area (TPSA) is 35.2 Å². The maximum Gasteiger partial charge on any atom is 0.119 e. The molecular formula is C15H17NOS. The number of rotatable bonds is 6. The smallest absolute Gasteiger partial charge is 0.119 e. The zero-order valence-electron chi connectivity index (χ0n) is 10.2. The van der Waals surface area contributed by atoms with Crippen LogP contribution in [0, 0.1) is 0 Å². The van der Waals surface area contributed by atoms with Gasteiger partial charge in [0.25, 0.3) is 0 Å². The Bertz CT molecular complexity index is 456. The SMILES string of the molecule is Nc1ccc(OCCCSc2ccccc2)cc1. The van der Waals surface area contributed by atoms with E-state index < -0.39 is 0 Å². The largest absolute Gasteiger partial charge is 0.494 e. The molecule has 0 aromatic heterocycles. The summed E-state index contributed by atoms with van der Waals surface area (Å²) in [4.78, 5) is 1.31. The van der Waals surface area contributed by atoms with Crippen LogP contribution >= 0.6 is 11.8 Å². The van der Waals surface area contributed by atoms with Gasteiger partial charge in [0.1, 0.15) is 5.75 Å². The monoisotopic (exact) mass is 259 g/mol. The van der Waals surface area contributed by atoms with Crippen molar-refractivity contribution in [3.05, 3.63) is 54.6 Å². The number of thioether (sulfide) groups is 1. The zero-order chi connectivity index (χ0) is 12.6. The summed E-state index contributed by atoms with van der Waals surface area (Å²) in [5.41, 5.74) is 6.37. The highest BCUT2D eigenvalue weighted by Gasteiger charge is 1.95. The van der Waals surface area contributed by atoms with Crippen molar-refractivity contribution >= 4 is 17.4 Å². The fraction of sp³-hybridized carbons (Fsp3) is 0.200. The van der Waals surface area contributed by atoms with Gasteiger partial charge in [-0.05, 0) is 42.8 Å². The third kappa shape index (κ3) is 4.34. The lowest BCUT2D eigenvalue weighted by Crippen LogP contribution is -1.98. The van der Waals surface area contributed by atoms with E-state index in [2.05, 4.69) is 24.3 Å². The van der Waals surface area contributed by atoms with E-state index in [0.29, 0.717) is 0 Å². The van der Waals surface area contributed by atoms with Gasteiger partial charge in [0, 0.05) is 16.3 Å². The van der Waals surface area contributed by atoms with Crippen molar-refractivity contribution in [2.24, 2.45) is 0 Å². The number of nitrogens with two attached hydrogens (primary N) is 1. The molecular weight excluding hydrogens is 242 g/mol. The van der Waals surface area contributed by atoms with Crippen LogP contribution in [-0.4, -0.2) is 12.4 Å². The molecule has 0 saturated carbocycles. The van der Waals surface area contributed by atoms with Crippen LogP contribution in [0.2, 0.25) is 0 Å². The molecule has 2 aromatic carbocycles. The van der Waals surface area contributed by atoms with Gasteiger partial charge < -0.3 is 10.5 Å². The van der Waals surface area contributed by atoms with E-state index in [1.807, 2.05) is 42.1 Å². The quantitative estimate of drug-likeness (QED) is 0.486. The van der Waals surface area contributed by atoms with Gasteiger partial charge in [0.15, 0.2) is 0 Å². The molecule has 0 aliphatic rings. The molecule has 0 heterocycles. The highest BCUT2D eigenvalue weighted by molar-refractivity contribution is 7.99. The van der Waals surface area contributed by atoms with E-state index in [4.69, 9.17) is 10.5 Å². The molecule has 0 aliphatic carbocycles. The van der Waals surface area contributed by atoms with E-state index in [-0.39, 0.29) is 0 Å². The molecule has 94 valence electrons. The first-order valence-electron chi connectivity index (χ1n) is 6.01. The van der Waals surface area contributed by atoms with E-state index in [1.54, 1.807) is 0 Å². The lowest BCUT2D eigenvalue weighted by Gasteiger charge is -2.06. The van der Waals surface area contributed by atoms with Crippen LogP contribution in [0.5, 0.6) is 5.75 Å². The molecule has 0 fully saturated rings. The van der Waals surface area contributed by atoms with Gasteiger partial charge in [0.05, 0.1) is 6.61 Å². The molecule has 2 aromatic rings. The van der Waals surface area contributed by atoms with Crippen molar-refractivity contribution < 1.29 is 4.74 Å². The molecule has 18 heavy (non-hydrogen) atoms. The number of benzene rings is 2. The van der Waals surface area contributed by atoms with Crippen molar-refractivity contribution in [1.82, 2.24) is 0 Å². The van der Waals surface area contributed by atoms with Crippen LogP contribution < -0.4 is 10.5 Å². The minimum atomic E-state index is 0.740. The van der Waals surface area contributed by atoms with Crippen LogP contribution in [0.4, 0.5) is 5.69 Å². The molecule has 0 spiro atoms. The van der Waals surface area contributed by atoms with Crippen molar-refractivity contribution in [3.63, 3.8) is 0 Å². The number of anilines is 1. The highest BCUT2D eigenvalue weighted by atomic mass is 32.2. The second kappa shape index (κ2) is 6.97. The summed E-state index contributed by atoms with van der Waals surface area (Å²) < 4.78 is 5.63. The molecule has 2 nitrogen and oxygen atoms in total. The van der Waals surface area contributed by atoms with Crippen molar-refractivity contribution in [1.29, 1.82) is 0 Å². The first-order valence-corrected chi connectivity index (χ1v) is 6.99. The van der Waals surface area contributed by atoms with Crippen LogP contribution in [0.15, 0.2) is 59.5 Å². The Labute approximate surface area is 112 Å². The maximum absolute atomic E-state index is 5.63. The van der Waals surface area contributed by atoms with Gasteiger partial charge in [-0.15, -0.1) is 11.8 Å². The van der Waals surface area contributed by atoms with Gasteiger partial charge in [-0.3, -0.25) is 0 Å². The maximum atomic E-state index is 5.63. The summed E-state index contributed by atoms with van der Waals surface area (Å²) in [6.45, 7) is 0.740. The number of nitrogen functional groups attached to an aromatic ring is 1. The third-order valence-electron chi connectivity index (χ3n) is 2.45. The van der Waals surface area contributed by atoms with E-state index in [0.717, 1.165) is 30.2 Å². The minimum absolute atomic E-state index is 0.740. The Hall–Kier alpha value is -1.61. The average molecular weight is 259 g/mol. The zero-order valence-corrected chi connectivity index (χ0v) is 11.0. The normalized spacial score (nSPS) is 10.2. The lowest BCUT2D eigenvalue weighted by molar-refractivity contribution is 0.319. The predicted molar refractivity (Wildman–Crippen MR) is 78.1 cm³/mol. The van der Waals surface area contributed by atoms with Crippen molar-refractivity contribution in [3.8, 4) is 5.75 Å². The summed E-state index contributed by atoms with van der Waals surface area (Å²) in [6, 6.07) is 17.9. The van der Waals surface area contributed by atoms with Crippen molar-refractivity contribution in [2.75, 3.05) is 18.1 Å². The fourth-order valence-electron chi connectivity index (χ4n) is 1.52. The van der Waals surface area contributed by atoms with E-state index in [9.17, 15) is 0 Å². The molecule has 0 unspecified atom stereocenters. The lowest BCUT2D eigenvalue weighted by atomic mass is 10.3.